The van der Waals surface area contributed by atoms with Crippen molar-refractivity contribution in [3.8, 4) is 0 Å². The van der Waals surface area contributed by atoms with Crippen LogP contribution in [0.3, 0.4) is 0 Å². The van der Waals surface area contributed by atoms with Crippen molar-refractivity contribution < 1.29 is 63.3 Å². The molecule has 354 valence electrons. The number of Topliss-reactive ketones (excluding diaryl/α,β-unsaturated/α-hetero) is 2. The molecule has 0 aromatic carbocycles. The molecule has 3 aliphatic heterocycles. The maximum Gasteiger partial charge on any atom is 0.329 e. The molecule has 0 aromatic heterocycles. The number of methoxy groups -OCH3 is 3. The fraction of sp³-hybridized carbons (Fsp3) is 0.826. The molecule has 16 heteroatoms. The van der Waals surface area contributed by atoms with E-state index in [-0.39, 0.29) is 56.5 Å². The number of nitrogens with two attached hydrogens (primary N) is 1. The van der Waals surface area contributed by atoms with Gasteiger partial charge >= 0.3 is 5.97 Å². The second-order valence-electron chi connectivity index (χ2n) is 18.2. The molecule has 14 atom stereocenters. The number of piperidine rings is 1. The lowest BCUT2D eigenvalue weighted by Gasteiger charge is -2.47. The van der Waals surface area contributed by atoms with E-state index in [0.717, 1.165) is 28.4 Å². The summed E-state index contributed by atoms with van der Waals surface area (Å²) < 4.78 is 30.3. The summed E-state index contributed by atoms with van der Waals surface area (Å²) in [5.74, 6) is -6.68. The van der Waals surface area contributed by atoms with Crippen LogP contribution in [0, 0.1) is 29.6 Å². The van der Waals surface area contributed by atoms with Crippen LogP contribution in [-0.2, 0) is 42.9 Å². The highest BCUT2D eigenvalue weighted by atomic mass is 32.2. The van der Waals surface area contributed by atoms with Crippen LogP contribution in [0.25, 0.3) is 0 Å². The summed E-state index contributed by atoms with van der Waals surface area (Å²) in [6.45, 7) is 7.52. The average Bonchev–Trinajstić information content (AvgIpc) is 3.26. The van der Waals surface area contributed by atoms with Crippen LogP contribution in [0.2, 0.25) is 0 Å². The van der Waals surface area contributed by atoms with Crippen molar-refractivity contribution in [2.75, 3.05) is 52.5 Å². The van der Waals surface area contributed by atoms with Gasteiger partial charge in [-0.3, -0.25) is 14.4 Å². The number of hydrogen-bond acceptors (Lipinski definition) is 15. The van der Waals surface area contributed by atoms with Crippen LogP contribution in [0.15, 0.2) is 23.3 Å². The number of carbonyl (C=O) groups excluding carboxylic acids is 4. The number of cyclic esters (lactones) is 1. The van der Waals surface area contributed by atoms with E-state index in [1.807, 2.05) is 19.1 Å². The highest BCUT2D eigenvalue weighted by Crippen LogP contribution is 2.39. The van der Waals surface area contributed by atoms with Gasteiger partial charge in [0, 0.05) is 83.3 Å². The van der Waals surface area contributed by atoms with Gasteiger partial charge in [0.15, 0.2) is 0 Å². The number of aliphatic hydroxyl groups is 4. The number of fused-ring (bicyclic) bond motifs is 3. The van der Waals surface area contributed by atoms with E-state index in [9.17, 15) is 39.6 Å². The summed E-state index contributed by atoms with van der Waals surface area (Å²) >= 11 is 1.72. The van der Waals surface area contributed by atoms with Crippen molar-refractivity contribution in [3.63, 3.8) is 0 Å². The third-order valence-electron chi connectivity index (χ3n) is 13.7. The number of nitrogens with zero attached hydrogens (tertiary/aromatic N) is 1. The largest absolute Gasteiger partial charge is 0.456 e. The van der Waals surface area contributed by atoms with Gasteiger partial charge in [0.2, 0.25) is 5.79 Å². The van der Waals surface area contributed by atoms with Crippen molar-refractivity contribution in [1.82, 2.24) is 4.90 Å². The van der Waals surface area contributed by atoms with E-state index < -0.39 is 90.0 Å². The van der Waals surface area contributed by atoms with Crippen LogP contribution < -0.4 is 5.73 Å². The molecule has 3 heterocycles. The number of esters is 1. The minimum Gasteiger partial charge on any atom is -0.456 e. The van der Waals surface area contributed by atoms with Gasteiger partial charge < -0.3 is 54.7 Å². The molecule has 1 saturated carbocycles. The smallest absolute Gasteiger partial charge is 0.329 e. The first-order valence-corrected chi connectivity index (χ1v) is 23.9. The molecule has 0 radical (unpaired) electrons. The van der Waals surface area contributed by atoms with E-state index in [0.29, 0.717) is 57.1 Å². The Morgan fingerprint density at radius 3 is 2.34 bits per heavy atom. The third kappa shape index (κ3) is 13.4. The molecule has 0 unspecified atom stereocenters. The minimum absolute atomic E-state index is 0.0567. The predicted molar refractivity (Wildman–Crippen MR) is 235 cm³/mol. The Labute approximate surface area is 372 Å². The van der Waals surface area contributed by atoms with Gasteiger partial charge in [-0.2, -0.15) is 11.8 Å². The Balaban J connectivity index is 1.79. The molecule has 2 saturated heterocycles. The molecule has 4 rings (SSSR count). The minimum atomic E-state index is -2.56. The second-order valence-corrected chi connectivity index (χ2v) is 19.4. The lowest BCUT2D eigenvalue weighted by atomic mass is 9.78. The molecule has 0 spiro atoms. The van der Waals surface area contributed by atoms with E-state index in [1.54, 1.807) is 39.6 Å². The summed E-state index contributed by atoms with van der Waals surface area (Å²) in [4.78, 5) is 58.5. The van der Waals surface area contributed by atoms with Gasteiger partial charge in [-0.25, -0.2) is 4.79 Å². The first kappa shape index (κ1) is 52.4. The molecular formula is C46H76N2O13S. The van der Waals surface area contributed by atoms with Gasteiger partial charge in [-0.05, 0) is 95.3 Å². The van der Waals surface area contributed by atoms with Crippen LogP contribution >= 0.6 is 11.8 Å². The Hall–Kier alpha value is -2.25. The molecule has 3 fully saturated rings. The number of thioether (sulfide) groups is 1. The summed E-state index contributed by atoms with van der Waals surface area (Å²) in [6.07, 6.45) is 3.10. The number of rotatable bonds is 12. The molecule has 0 aromatic rings. The number of carbonyl (C=O) groups is 4. The Kier molecular flexibility index (Phi) is 21.0. The maximum absolute atomic E-state index is 14.4. The van der Waals surface area contributed by atoms with Crippen LogP contribution in [0.1, 0.15) is 105 Å². The van der Waals surface area contributed by atoms with Gasteiger partial charge in [0.05, 0.1) is 30.5 Å². The first-order chi connectivity index (χ1) is 29.5. The quantitative estimate of drug-likeness (QED) is 0.0819. The Morgan fingerprint density at radius 1 is 0.968 bits per heavy atom. The molecule has 4 aliphatic rings. The van der Waals surface area contributed by atoms with Crippen molar-refractivity contribution >= 4 is 35.2 Å². The number of hydrogen-bond donors (Lipinski definition) is 5. The zero-order valence-electron chi connectivity index (χ0n) is 38.1. The third-order valence-corrected chi connectivity index (χ3v) is 14.8. The average molecular weight is 897 g/mol. The summed E-state index contributed by atoms with van der Waals surface area (Å²) in [7, 11) is 4.57. The molecule has 15 nitrogen and oxygen atoms in total. The normalized spacial score (nSPS) is 38.7. The molecule has 62 heavy (non-hydrogen) atoms. The fourth-order valence-electron chi connectivity index (χ4n) is 9.82. The number of amides is 1. The number of ether oxygens (including phenoxy) is 5. The first-order valence-electron chi connectivity index (χ1n) is 22.7. The molecular weight excluding hydrogens is 821 g/mol. The van der Waals surface area contributed by atoms with Crippen molar-refractivity contribution in [3.05, 3.63) is 23.3 Å². The van der Waals surface area contributed by atoms with Crippen molar-refractivity contribution in [1.29, 1.82) is 0 Å². The summed E-state index contributed by atoms with van der Waals surface area (Å²) in [5, 5.41) is 44.4. The predicted octanol–water partition coefficient (Wildman–Crippen LogP) is 3.51. The van der Waals surface area contributed by atoms with Gasteiger partial charge in [0.1, 0.15) is 24.0 Å². The maximum atomic E-state index is 14.4. The van der Waals surface area contributed by atoms with Crippen LogP contribution in [0.5, 0.6) is 0 Å². The number of ketones is 2. The zero-order valence-corrected chi connectivity index (χ0v) is 38.9. The summed E-state index contributed by atoms with van der Waals surface area (Å²) in [6, 6.07) is -1.17. The molecule has 1 amide bonds. The van der Waals surface area contributed by atoms with Gasteiger partial charge in [-0.1, -0.05) is 31.6 Å². The lowest BCUT2D eigenvalue weighted by molar-refractivity contribution is -0.303. The number of allylic oxidation sites excluding steroid dienone is 2. The van der Waals surface area contributed by atoms with E-state index in [1.165, 1.54) is 14.2 Å². The van der Waals surface area contributed by atoms with Crippen LogP contribution in [0.4, 0.5) is 0 Å². The standard InChI is InChI=1S/C46H76N2O13S/c1-27-19-32(11-10-17-62-18-15-47)38(52)25-37(51)30(4)41(28(2)21-31-13-14-36(50)33(23-31)26-49)60-45(55)35-12-8-9-16-48(35)44(54)43(53)46(56)29(3)22-39(58-6)42(61-46)40(59-7)24-34(20-27)57-5/h19,21,29-37,39-42,49-51,56H,8-18,20,22-26,47H2,1-7H3/b27-19+,28-21+/t29-,30-,31+,32-,33+,34+,35+,36-,37+,39+,40+,41-,42+,46-/m1/s1. The Morgan fingerprint density at radius 2 is 1.68 bits per heavy atom. The summed E-state index contributed by atoms with van der Waals surface area (Å²) in [5.41, 5.74) is 7.22. The zero-order chi connectivity index (χ0) is 45.7. The van der Waals surface area contributed by atoms with E-state index in [4.69, 9.17) is 29.4 Å². The SMILES string of the molecule is CO[C@H]1C/C(C)=C/[C@@H](CCCSCCN)C(=O)C[C@H](O)[C@@H](C)[C@@H](/C(C)=C/[C@@H]2CC[C@@H](O)[C@H](CO)C2)OC(=O)[C@@H]2CCCCN2C(=O)C(=O)[C@]2(O)O[C@H]([C@@H](OC)C1)[C@@H](OC)C[C@H]2C. The second kappa shape index (κ2) is 24.9. The topological polar surface area (TPSA) is 225 Å². The fourth-order valence-corrected chi connectivity index (χ4v) is 10.6. The van der Waals surface area contributed by atoms with Crippen LogP contribution in [-0.4, -0.2) is 156 Å². The highest BCUT2D eigenvalue weighted by molar-refractivity contribution is 7.99. The van der Waals surface area contributed by atoms with E-state index >= 15 is 0 Å². The van der Waals surface area contributed by atoms with Crippen molar-refractivity contribution in [2.45, 2.75) is 159 Å². The Bertz CT molecular complexity index is 1550. The van der Waals surface area contributed by atoms with Gasteiger partial charge in [0.25, 0.3) is 11.7 Å². The molecule has 2 bridgehead atoms. The molecule has 1 aliphatic carbocycles. The monoisotopic (exact) mass is 897 g/mol. The highest BCUT2D eigenvalue weighted by Gasteiger charge is 2.56. The van der Waals surface area contributed by atoms with E-state index in [2.05, 4.69) is 0 Å². The molecule has 6 N–H and O–H groups in total. The number of aliphatic hydroxyl groups excluding tert-OH is 3. The lowest BCUT2D eigenvalue weighted by Crippen LogP contribution is -2.64. The van der Waals surface area contributed by atoms with Crippen molar-refractivity contribution in [2.24, 2.45) is 35.3 Å². The van der Waals surface area contributed by atoms with Gasteiger partial charge in [-0.15, -0.1) is 0 Å².